The molecule has 1 aromatic carbocycles. The van der Waals surface area contributed by atoms with Gasteiger partial charge in [-0.1, -0.05) is 32.0 Å². The largest absolute Gasteiger partial charge is 0.453 e. The van der Waals surface area contributed by atoms with Gasteiger partial charge in [0.25, 0.3) is 0 Å². The first-order chi connectivity index (χ1) is 19.0. The maximum Gasteiger partial charge on any atom is 0.412 e. The molecule has 0 unspecified atom stereocenters. The number of nitrogens with one attached hydrogen (secondary N) is 2. The highest BCUT2D eigenvalue weighted by atomic mass is 19.3. The van der Waals surface area contributed by atoms with Gasteiger partial charge in [-0.3, -0.25) is 19.5 Å². The van der Waals surface area contributed by atoms with E-state index in [0.29, 0.717) is 16.7 Å². The highest BCUT2D eigenvalue weighted by molar-refractivity contribution is 5.90. The van der Waals surface area contributed by atoms with Crippen LogP contribution in [-0.4, -0.2) is 64.0 Å². The van der Waals surface area contributed by atoms with Crippen LogP contribution in [0.5, 0.6) is 0 Å². The van der Waals surface area contributed by atoms with E-state index >= 15 is 8.78 Å². The molecule has 3 N–H and O–H groups in total. The van der Waals surface area contributed by atoms with Crippen molar-refractivity contribution in [2.24, 2.45) is 5.92 Å². The van der Waals surface area contributed by atoms with Gasteiger partial charge in [-0.2, -0.15) is 13.8 Å². The molecule has 3 atom stereocenters. The van der Waals surface area contributed by atoms with E-state index in [1.807, 2.05) is 19.9 Å². The van der Waals surface area contributed by atoms with Crippen molar-refractivity contribution in [1.82, 2.24) is 9.55 Å². The number of esters is 1. The van der Waals surface area contributed by atoms with Gasteiger partial charge >= 0.3 is 23.7 Å². The van der Waals surface area contributed by atoms with Crippen LogP contribution < -0.4 is 16.3 Å². The van der Waals surface area contributed by atoms with Gasteiger partial charge in [0.15, 0.2) is 6.10 Å². The standard InChI is InChI=1S/C26H32F2N4O8/c1-16(2)15-38-25(37)31-19-12-13-32(24(36)30-19)23-26(27,28)22(18(14-33)39-23)40-21(35)11-7-6-10-20(34)29-17-8-4-3-5-9-17/h3-5,8-9,12-13,16,18,22-23,33H,6-7,10-11,14-15H2,1-2H3,(H,29,34)(H,30,31,36,37)/t18-,22-,23-/m1/s1. The normalized spacial score (nSPS) is 19.7. The predicted octanol–water partition coefficient (Wildman–Crippen LogP) is 3.08. The molecule has 1 aliphatic heterocycles. The number of anilines is 2. The SMILES string of the molecule is CC(C)COC(=O)Nc1ccn([C@@H]2O[C@H](CO)[C@@H](OC(=O)CCCCC(=O)Nc3ccccc3)C2(F)F)c(=O)n1. The first-order valence-corrected chi connectivity index (χ1v) is 12.7. The van der Waals surface area contributed by atoms with Crippen molar-refractivity contribution >= 4 is 29.5 Å². The molecule has 0 saturated carbocycles. The van der Waals surface area contributed by atoms with E-state index < -0.39 is 48.7 Å². The minimum Gasteiger partial charge on any atom is -0.453 e. The van der Waals surface area contributed by atoms with Crippen molar-refractivity contribution in [2.45, 2.75) is 63.9 Å². The maximum atomic E-state index is 15.3. The van der Waals surface area contributed by atoms with Crippen molar-refractivity contribution in [2.75, 3.05) is 23.8 Å². The minimum atomic E-state index is -3.91. The molecule has 1 fully saturated rings. The molecule has 0 radical (unpaired) electrons. The Kier molecular flexibility index (Phi) is 10.7. The van der Waals surface area contributed by atoms with Crippen LogP contribution in [0.2, 0.25) is 0 Å². The first-order valence-electron chi connectivity index (χ1n) is 12.7. The number of carbonyl (C=O) groups is 3. The molecule has 1 aromatic heterocycles. The maximum absolute atomic E-state index is 15.3. The number of benzene rings is 1. The number of halogens is 2. The number of unbranched alkanes of at least 4 members (excludes halogenated alkanes) is 1. The zero-order chi connectivity index (χ0) is 29.3. The lowest BCUT2D eigenvalue weighted by Gasteiger charge is -2.24. The Morgan fingerprint density at radius 2 is 1.82 bits per heavy atom. The third kappa shape index (κ3) is 8.29. The Bertz CT molecular complexity index is 1220. The monoisotopic (exact) mass is 566 g/mol. The lowest BCUT2D eigenvalue weighted by atomic mass is 10.1. The highest BCUT2D eigenvalue weighted by Crippen LogP contribution is 2.44. The summed E-state index contributed by atoms with van der Waals surface area (Å²) < 4.78 is 46.1. The summed E-state index contributed by atoms with van der Waals surface area (Å²) >= 11 is 0. The van der Waals surface area contributed by atoms with Crippen molar-refractivity contribution in [1.29, 1.82) is 0 Å². The molecule has 2 heterocycles. The fraction of sp³-hybridized carbons (Fsp3) is 0.500. The first kappa shape index (κ1) is 30.6. The molecule has 40 heavy (non-hydrogen) atoms. The van der Waals surface area contributed by atoms with Gasteiger partial charge in [-0.05, 0) is 37.0 Å². The van der Waals surface area contributed by atoms with E-state index in [1.165, 1.54) is 0 Å². The fourth-order valence-corrected chi connectivity index (χ4v) is 3.80. The molecule has 0 spiro atoms. The second kappa shape index (κ2) is 13.9. The van der Waals surface area contributed by atoms with Crippen LogP contribution in [0.4, 0.5) is 25.1 Å². The van der Waals surface area contributed by atoms with E-state index in [4.69, 9.17) is 14.2 Å². The van der Waals surface area contributed by atoms with Crippen LogP contribution in [-0.2, 0) is 23.8 Å². The molecule has 0 aliphatic carbocycles. The third-order valence-electron chi connectivity index (χ3n) is 5.74. The Morgan fingerprint density at radius 1 is 1.12 bits per heavy atom. The second-order valence-corrected chi connectivity index (χ2v) is 9.54. The van der Waals surface area contributed by atoms with Crippen LogP contribution in [0.1, 0.15) is 45.8 Å². The van der Waals surface area contributed by atoms with Gasteiger partial charge in [0.1, 0.15) is 11.9 Å². The van der Waals surface area contributed by atoms with E-state index in [1.54, 1.807) is 24.3 Å². The number of hydrogen-bond donors (Lipinski definition) is 3. The number of carbonyl (C=O) groups excluding carboxylic acids is 3. The number of amides is 2. The predicted molar refractivity (Wildman–Crippen MR) is 138 cm³/mol. The van der Waals surface area contributed by atoms with Crippen molar-refractivity contribution < 1.29 is 42.5 Å². The van der Waals surface area contributed by atoms with Gasteiger partial charge in [-0.25, -0.2) is 9.59 Å². The average molecular weight is 567 g/mol. The number of hydrogen-bond acceptors (Lipinski definition) is 9. The highest BCUT2D eigenvalue weighted by Gasteiger charge is 2.62. The van der Waals surface area contributed by atoms with E-state index in [0.717, 1.165) is 12.3 Å². The molecule has 1 aliphatic rings. The smallest absolute Gasteiger partial charge is 0.412 e. The molecule has 0 bridgehead atoms. The zero-order valence-corrected chi connectivity index (χ0v) is 22.0. The van der Waals surface area contributed by atoms with Crippen LogP contribution in [0, 0.1) is 5.92 Å². The summed E-state index contributed by atoms with van der Waals surface area (Å²) in [5.41, 5.74) is -0.548. The molecule has 218 valence electrons. The molecular formula is C26H32F2N4O8. The Hall–Kier alpha value is -3.91. The summed E-state index contributed by atoms with van der Waals surface area (Å²) in [6.07, 6.45) is -5.58. The Balaban J connectivity index is 1.55. The molecule has 3 rings (SSSR count). The summed E-state index contributed by atoms with van der Waals surface area (Å²) in [4.78, 5) is 52.1. The third-order valence-corrected chi connectivity index (χ3v) is 5.74. The summed E-state index contributed by atoms with van der Waals surface area (Å²) in [5, 5.41) is 14.5. The zero-order valence-electron chi connectivity index (χ0n) is 22.0. The summed E-state index contributed by atoms with van der Waals surface area (Å²) in [7, 11) is 0. The number of ether oxygens (including phenoxy) is 3. The van der Waals surface area contributed by atoms with Crippen molar-refractivity contribution in [3.8, 4) is 0 Å². The number of rotatable bonds is 12. The molecule has 12 nitrogen and oxygen atoms in total. The van der Waals surface area contributed by atoms with Gasteiger partial charge < -0.3 is 24.6 Å². The molecular weight excluding hydrogens is 534 g/mol. The number of para-hydroxylation sites is 1. The Morgan fingerprint density at radius 3 is 2.48 bits per heavy atom. The van der Waals surface area contributed by atoms with E-state index in [2.05, 4.69) is 15.6 Å². The van der Waals surface area contributed by atoms with Crippen LogP contribution in [0.3, 0.4) is 0 Å². The second-order valence-electron chi connectivity index (χ2n) is 9.54. The van der Waals surface area contributed by atoms with E-state index in [-0.39, 0.29) is 43.5 Å². The summed E-state index contributed by atoms with van der Waals surface area (Å²) in [6, 6.07) is 9.89. The average Bonchev–Trinajstić information content (AvgIpc) is 3.15. The number of alkyl halides is 2. The van der Waals surface area contributed by atoms with Gasteiger partial charge in [0.2, 0.25) is 12.1 Å². The summed E-state index contributed by atoms with van der Waals surface area (Å²) in [6.45, 7) is 2.87. The van der Waals surface area contributed by atoms with Gasteiger partial charge in [0, 0.05) is 24.7 Å². The van der Waals surface area contributed by atoms with Crippen molar-refractivity contribution in [3.05, 3.63) is 53.1 Å². The van der Waals surface area contributed by atoms with Gasteiger partial charge in [0.05, 0.1) is 13.2 Å². The lowest BCUT2D eigenvalue weighted by Crippen LogP contribution is -2.44. The summed E-state index contributed by atoms with van der Waals surface area (Å²) in [5.74, 6) is -5.29. The molecule has 2 aromatic rings. The fourth-order valence-electron chi connectivity index (χ4n) is 3.80. The molecule has 14 heteroatoms. The minimum absolute atomic E-state index is 0.0707. The lowest BCUT2D eigenvalue weighted by molar-refractivity contribution is -0.176. The van der Waals surface area contributed by atoms with E-state index in [9.17, 15) is 24.3 Å². The van der Waals surface area contributed by atoms with Crippen LogP contribution >= 0.6 is 0 Å². The van der Waals surface area contributed by atoms with Crippen molar-refractivity contribution in [3.63, 3.8) is 0 Å². The molecule has 1 saturated heterocycles. The van der Waals surface area contributed by atoms with Gasteiger partial charge in [-0.15, -0.1) is 0 Å². The topological polar surface area (TPSA) is 158 Å². The number of nitrogens with zero attached hydrogens (tertiary/aromatic N) is 2. The Labute approximate surface area is 228 Å². The number of aliphatic hydroxyl groups excluding tert-OH is 1. The molecule has 2 amide bonds. The number of aromatic nitrogens is 2. The quantitative estimate of drug-likeness (QED) is 0.259. The van der Waals surface area contributed by atoms with Crippen LogP contribution in [0.25, 0.3) is 0 Å². The number of aliphatic hydroxyl groups is 1. The van der Waals surface area contributed by atoms with Crippen LogP contribution in [0.15, 0.2) is 47.4 Å².